The average Bonchev–Trinajstić information content (AvgIpc) is 2.59. The first-order chi connectivity index (χ1) is 6.22. The van der Waals surface area contributed by atoms with Crippen molar-refractivity contribution in [3.8, 4) is 0 Å². The number of carboxylic acids is 1. The summed E-state index contributed by atoms with van der Waals surface area (Å²) in [6.45, 7) is 4.23. The number of hydrogen-bond acceptors (Lipinski definition) is 4. The van der Waals surface area contributed by atoms with Crippen LogP contribution < -0.4 is 0 Å². The molecule has 1 aliphatic rings. The van der Waals surface area contributed by atoms with Gasteiger partial charge in [0, 0.05) is 12.1 Å². The molecule has 2 rings (SSSR count). The first-order valence-corrected chi connectivity index (χ1v) is 4.15. The van der Waals surface area contributed by atoms with Crippen molar-refractivity contribution in [2.24, 2.45) is 0 Å². The van der Waals surface area contributed by atoms with E-state index in [1.165, 1.54) is 0 Å². The molecule has 1 aromatic heterocycles. The minimum Gasteiger partial charge on any atom is -0.476 e. The van der Waals surface area contributed by atoms with Crippen LogP contribution in [0.15, 0.2) is 4.52 Å². The zero-order valence-electron chi connectivity index (χ0n) is 7.28. The molecule has 0 atom stereocenters. The molecule has 70 valence electrons. The van der Waals surface area contributed by atoms with Gasteiger partial charge in [-0.25, -0.2) is 4.79 Å². The Morgan fingerprint density at radius 3 is 3.08 bits per heavy atom. The van der Waals surface area contributed by atoms with Crippen molar-refractivity contribution in [3.63, 3.8) is 0 Å². The van der Waals surface area contributed by atoms with Gasteiger partial charge in [0.15, 0.2) is 11.5 Å². The Balaban J connectivity index is 2.32. The minimum atomic E-state index is -1.01. The van der Waals surface area contributed by atoms with Gasteiger partial charge in [-0.05, 0) is 6.54 Å². The molecule has 0 radical (unpaired) electrons. The van der Waals surface area contributed by atoms with E-state index in [1.54, 1.807) is 0 Å². The number of fused-ring (bicyclic) bond motifs is 1. The molecule has 0 aliphatic carbocycles. The third-order valence-electron chi connectivity index (χ3n) is 2.27. The molecule has 1 N–H and O–H groups in total. The molecule has 0 amide bonds. The molecule has 0 saturated heterocycles. The van der Waals surface area contributed by atoms with Gasteiger partial charge in [0.25, 0.3) is 0 Å². The van der Waals surface area contributed by atoms with Crippen LogP contribution in [0.2, 0.25) is 0 Å². The maximum atomic E-state index is 10.7. The third kappa shape index (κ3) is 1.21. The highest BCUT2D eigenvalue weighted by Crippen LogP contribution is 2.25. The van der Waals surface area contributed by atoms with Crippen molar-refractivity contribution in [1.29, 1.82) is 0 Å². The number of nitrogens with zero attached hydrogens (tertiary/aromatic N) is 2. The van der Waals surface area contributed by atoms with Crippen molar-refractivity contribution < 1.29 is 14.4 Å². The lowest BCUT2D eigenvalue weighted by Crippen LogP contribution is -2.16. The van der Waals surface area contributed by atoms with E-state index in [9.17, 15) is 4.79 Å². The van der Waals surface area contributed by atoms with E-state index < -0.39 is 5.97 Å². The van der Waals surface area contributed by atoms with E-state index in [0.29, 0.717) is 18.8 Å². The van der Waals surface area contributed by atoms with E-state index in [2.05, 4.69) is 10.1 Å². The number of aromatic carboxylic acids is 1. The lowest BCUT2D eigenvalue weighted by molar-refractivity contribution is 0.0682. The number of aromatic nitrogens is 1. The van der Waals surface area contributed by atoms with E-state index in [-0.39, 0.29) is 5.69 Å². The summed E-state index contributed by atoms with van der Waals surface area (Å²) in [6.07, 6.45) is 0. The van der Waals surface area contributed by atoms with Gasteiger partial charge in [-0.15, -0.1) is 0 Å². The molecule has 13 heavy (non-hydrogen) atoms. The van der Waals surface area contributed by atoms with E-state index >= 15 is 0 Å². The SMILES string of the molecule is CCN1Cc2onc(C(=O)O)c2C1. The fraction of sp³-hybridized carbons (Fsp3) is 0.500. The number of hydrogen-bond donors (Lipinski definition) is 1. The van der Waals surface area contributed by atoms with Crippen molar-refractivity contribution in [3.05, 3.63) is 17.0 Å². The Morgan fingerprint density at radius 1 is 1.69 bits per heavy atom. The van der Waals surface area contributed by atoms with Gasteiger partial charge in [0.1, 0.15) is 0 Å². The third-order valence-corrected chi connectivity index (χ3v) is 2.27. The van der Waals surface area contributed by atoms with Gasteiger partial charge in [0.05, 0.1) is 6.54 Å². The molecule has 0 bridgehead atoms. The van der Waals surface area contributed by atoms with Gasteiger partial charge in [-0.3, -0.25) is 4.90 Å². The highest BCUT2D eigenvalue weighted by molar-refractivity contribution is 5.87. The molecular formula is C8H10N2O3. The molecule has 5 heteroatoms. The van der Waals surface area contributed by atoms with Crippen LogP contribution in [-0.4, -0.2) is 27.7 Å². The summed E-state index contributed by atoms with van der Waals surface area (Å²) in [5, 5.41) is 12.3. The minimum absolute atomic E-state index is 0.0611. The average molecular weight is 182 g/mol. The van der Waals surface area contributed by atoms with Gasteiger partial charge < -0.3 is 9.63 Å². The van der Waals surface area contributed by atoms with E-state index in [1.807, 2.05) is 6.92 Å². The Bertz CT molecular complexity index is 345. The van der Waals surface area contributed by atoms with E-state index in [0.717, 1.165) is 12.1 Å². The van der Waals surface area contributed by atoms with Crippen LogP contribution >= 0.6 is 0 Å². The topological polar surface area (TPSA) is 66.6 Å². The molecule has 0 saturated carbocycles. The first kappa shape index (κ1) is 8.25. The second-order valence-corrected chi connectivity index (χ2v) is 3.04. The molecular weight excluding hydrogens is 172 g/mol. The normalized spacial score (nSPS) is 16.1. The van der Waals surface area contributed by atoms with Crippen LogP contribution in [0.5, 0.6) is 0 Å². The Hall–Kier alpha value is -1.36. The number of carboxylic acid groups (broad SMARTS) is 1. The largest absolute Gasteiger partial charge is 0.476 e. The summed E-state index contributed by atoms with van der Waals surface area (Å²) in [5.74, 6) is -0.317. The second-order valence-electron chi connectivity index (χ2n) is 3.04. The molecule has 1 aliphatic heterocycles. The zero-order chi connectivity index (χ0) is 9.42. The van der Waals surface area contributed by atoms with Crippen molar-refractivity contribution in [2.45, 2.75) is 20.0 Å². The van der Waals surface area contributed by atoms with Crippen molar-refractivity contribution in [2.75, 3.05) is 6.54 Å². The van der Waals surface area contributed by atoms with Crippen LogP contribution in [0.4, 0.5) is 0 Å². The zero-order valence-corrected chi connectivity index (χ0v) is 7.28. The van der Waals surface area contributed by atoms with Gasteiger partial charge in [-0.2, -0.15) is 0 Å². The molecule has 0 unspecified atom stereocenters. The fourth-order valence-corrected chi connectivity index (χ4v) is 1.50. The van der Waals surface area contributed by atoms with Crippen LogP contribution in [0.3, 0.4) is 0 Å². The molecule has 0 fully saturated rings. The Kier molecular flexibility index (Phi) is 1.81. The maximum absolute atomic E-state index is 10.7. The van der Waals surface area contributed by atoms with Crippen LogP contribution in [0.1, 0.15) is 28.7 Å². The Labute approximate surface area is 74.9 Å². The van der Waals surface area contributed by atoms with Crippen molar-refractivity contribution in [1.82, 2.24) is 10.1 Å². The summed E-state index contributed by atoms with van der Waals surface area (Å²) < 4.78 is 4.93. The highest BCUT2D eigenvalue weighted by Gasteiger charge is 2.28. The van der Waals surface area contributed by atoms with E-state index in [4.69, 9.17) is 9.63 Å². The first-order valence-electron chi connectivity index (χ1n) is 4.15. The van der Waals surface area contributed by atoms with Crippen LogP contribution in [0, 0.1) is 0 Å². The second kappa shape index (κ2) is 2.85. The molecule has 0 aromatic carbocycles. The summed E-state index contributed by atoms with van der Waals surface area (Å²) >= 11 is 0. The quantitative estimate of drug-likeness (QED) is 0.729. The van der Waals surface area contributed by atoms with Crippen LogP contribution in [0.25, 0.3) is 0 Å². The monoisotopic (exact) mass is 182 g/mol. The summed E-state index contributed by atoms with van der Waals surface area (Å²) in [5.41, 5.74) is 0.792. The molecule has 1 aromatic rings. The lowest BCUT2D eigenvalue weighted by Gasteiger charge is -2.09. The smallest absolute Gasteiger partial charge is 0.358 e. The van der Waals surface area contributed by atoms with Gasteiger partial charge in [0.2, 0.25) is 0 Å². The summed E-state index contributed by atoms with van der Waals surface area (Å²) in [4.78, 5) is 12.8. The number of rotatable bonds is 2. The standard InChI is InChI=1S/C8H10N2O3/c1-2-10-3-5-6(4-10)13-9-7(5)8(11)12/h2-4H2,1H3,(H,11,12). The van der Waals surface area contributed by atoms with Crippen molar-refractivity contribution >= 4 is 5.97 Å². The molecule has 0 spiro atoms. The van der Waals surface area contributed by atoms with Gasteiger partial charge >= 0.3 is 5.97 Å². The molecule has 5 nitrogen and oxygen atoms in total. The predicted molar refractivity (Wildman–Crippen MR) is 43.3 cm³/mol. The van der Waals surface area contributed by atoms with Crippen LogP contribution in [-0.2, 0) is 13.1 Å². The summed E-state index contributed by atoms with van der Waals surface area (Å²) in [7, 11) is 0. The Morgan fingerprint density at radius 2 is 2.46 bits per heavy atom. The fourth-order valence-electron chi connectivity index (χ4n) is 1.50. The van der Waals surface area contributed by atoms with Gasteiger partial charge in [-0.1, -0.05) is 12.1 Å². The highest BCUT2D eigenvalue weighted by atomic mass is 16.5. The lowest BCUT2D eigenvalue weighted by atomic mass is 10.2. The molecule has 2 heterocycles. The predicted octanol–water partition coefficient (Wildman–Crippen LogP) is 0.708. The summed E-state index contributed by atoms with van der Waals surface area (Å²) in [6, 6.07) is 0. The number of carbonyl (C=O) groups is 1. The maximum Gasteiger partial charge on any atom is 0.358 e.